The van der Waals surface area contributed by atoms with Crippen LogP contribution < -0.4 is 5.32 Å². The highest BCUT2D eigenvalue weighted by atomic mass is 16.4. The average Bonchev–Trinajstić information content (AvgIpc) is 2.89. The van der Waals surface area contributed by atoms with E-state index in [2.05, 4.69) is 20.4 Å². The zero-order chi connectivity index (χ0) is 13.8. The van der Waals surface area contributed by atoms with Crippen LogP contribution in [0.3, 0.4) is 0 Å². The number of carboxylic acids is 1. The second-order valence-electron chi connectivity index (χ2n) is 4.42. The van der Waals surface area contributed by atoms with Crippen molar-refractivity contribution in [3.8, 4) is 5.82 Å². The molecule has 100 valence electrons. The fraction of sp³-hybridized carbons (Fsp3) is 0.333. The number of carboxylic acid groups (broad SMARTS) is 1. The van der Waals surface area contributed by atoms with Gasteiger partial charge in [0.2, 0.25) is 0 Å². The smallest absolute Gasteiger partial charge is 0.326 e. The summed E-state index contributed by atoms with van der Waals surface area (Å²) in [5.74, 6) is -0.0362. The van der Waals surface area contributed by atoms with Crippen LogP contribution in [0.5, 0.6) is 0 Å². The molecule has 0 unspecified atom stereocenters. The number of aliphatic carboxylic acids is 1. The van der Waals surface area contributed by atoms with Crippen molar-refractivity contribution in [2.24, 2.45) is 5.92 Å². The quantitative estimate of drug-likeness (QED) is 0.839. The van der Waals surface area contributed by atoms with Crippen molar-refractivity contribution >= 4 is 11.8 Å². The molecule has 0 fully saturated rings. The predicted octanol–water partition coefficient (Wildman–Crippen LogP) is 1.18. The molecule has 0 radical (unpaired) electrons. The van der Waals surface area contributed by atoms with E-state index >= 15 is 0 Å². The van der Waals surface area contributed by atoms with Crippen LogP contribution in [0, 0.1) is 5.92 Å². The lowest BCUT2D eigenvalue weighted by molar-refractivity contribution is -0.138. The van der Waals surface area contributed by atoms with Crippen molar-refractivity contribution in [2.75, 3.05) is 5.32 Å². The van der Waals surface area contributed by atoms with E-state index in [1.54, 1.807) is 29.3 Å². The molecule has 0 aliphatic rings. The molecule has 2 rings (SSSR count). The molecule has 2 N–H and O–H groups in total. The summed E-state index contributed by atoms with van der Waals surface area (Å²) in [4.78, 5) is 19.4. The number of nitrogens with zero attached hydrogens (tertiary/aromatic N) is 4. The van der Waals surface area contributed by atoms with E-state index in [9.17, 15) is 4.79 Å². The highest BCUT2D eigenvalue weighted by Gasteiger charge is 2.21. The van der Waals surface area contributed by atoms with Gasteiger partial charge in [0, 0.05) is 12.4 Å². The van der Waals surface area contributed by atoms with Crippen molar-refractivity contribution < 1.29 is 9.90 Å². The van der Waals surface area contributed by atoms with E-state index in [0.29, 0.717) is 11.6 Å². The second-order valence-corrected chi connectivity index (χ2v) is 4.42. The van der Waals surface area contributed by atoms with Crippen LogP contribution in [0.2, 0.25) is 0 Å². The highest BCUT2D eigenvalue weighted by molar-refractivity contribution is 5.77. The maximum atomic E-state index is 11.1. The van der Waals surface area contributed by atoms with Gasteiger partial charge in [-0.25, -0.2) is 14.5 Å². The van der Waals surface area contributed by atoms with Crippen LogP contribution in [0.25, 0.3) is 5.82 Å². The van der Waals surface area contributed by atoms with Crippen LogP contribution in [-0.4, -0.2) is 36.9 Å². The van der Waals surface area contributed by atoms with Crippen LogP contribution >= 0.6 is 0 Å². The fourth-order valence-electron chi connectivity index (χ4n) is 1.61. The summed E-state index contributed by atoms with van der Waals surface area (Å²) in [5.41, 5.74) is 0. The van der Waals surface area contributed by atoms with E-state index in [1.165, 1.54) is 6.20 Å². The molecule has 0 aliphatic heterocycles. The molecule has 7 nitrogen and oxygen atoms in total. The molecule has 19 heavy (non-hydrogen) atoms. The second kappa shape index (κ2) is 5.47. The van der Waals surface area contributed by atoms with Gasteiger partial charge in [-0.3, -0.25) is 4.98 Å². The minimum absolute atomic E-state index is 0.0624. The summed E-state index contributed by atoms with van der Waals surface area (Å²) in [6, 6.07) is 1.07. The van der Waals surface area contributed by atoms with Gasteiger partial charge in [0.25, 0.3) is 0 Å². The summed E-state index contributed by atoms with van der Waals surface area (Å²) in [6.45, 7) is 3.66. The van der Waals surface area contributed by atoms with Gasteiger partial charge in [-0.15, -0.1) is 0 Å². The maximum absolute atomic E-state index is 11.1. The first kappa shape index (κ1) is 13.0. The Kier molecular flexibility index (Phi) is 3.74. The summed E-state index contributed by atoms with van der Waals surface area (Å²) < 4.78 is 1.56. The summed E-state index contributed by atoms with van der Waals surface area (Å²) >= 11 is 0. The van der Waals surface area contributed by atoms with E-state index in [0.717, 1.165) is 0 Å². The van der Waals surface area contributed by atoms with Crippen molar-refractivity contribution in [3.05, 3.63) is 30.9 Å². The molecule has 0 aliphatic carbocycles. The normalized spacial score (nSPS) is 12.4. The molecular formula is C12H15N5O2. The van der Waals surface area contributed by atoms with Crippen molar-refractivity contribution in [3.63, 3.8) is 0 Å². The van der Waals surface area contributed by atoms with Crippen LogP contribution in [-0.2, 0) is 4.79 Å². The molecule has 0 saturated carbocycles. The Morgan fingerprint density at radius 2 is 2.21 bits per heavy atom. The number of aromatic nitrogens is 4. The third-order valence-corrected chi connectivity index (χ3v) is 2.60. The minimum atomic E-state index is -0.915. The molecule has 2 heterocycles. The molecule has 0 spiro atoms. The van der Waals surface area contributed by atoms with Gasteiger partial charge in [0.1, 0.15) is 11.9 Å². The maximum Gasteiger partial charge on any atom is 0.326 e. The number of rotatable bonds is 5. The van der Waals surface area contributed by atoms with E-state index in [4.69, 9.17) is 5.11 Å². The van der Waals surface area contributed by atoms with Crippen LogP contribution in [0.4, 0.5) is 5.82 Å². The number of nitrogens with one attached hydrogen (secondary N) is 1. The summed E-state index contributed by atoms with van der Waals surface area (Å²) in [5, 5.41) is 16.0. The van der Waals surface area contributed by atoms with Crippen molar-refractivity contribution in [1.82, 2.24) is 19.7 Å². The molecule has 2 aromatic rings. The first-order valence-corrected chi connectivity index (χ1v) is 5.89. The zero-order valence-electron chi connectivity index (χ0n) is 10.7. The van der Waals surface area contributed by atoms with Gasteiger partial charge in [0.15, 0.2) is 5.82 Å². The molecule has 0 saturated heterocycles. The number of carbonyl (C=O) groups is 1. The van der Waals surface area contributed by atoms with Gasteiger partial charge in [-0.2, -0.15) is 5.10 Å². The third-order valence-electron chi connectivity index (χ3n) is 2.60. The molecule has 0 aromatic carbocycles. The lowest BCUT2D eigenvalue weighted by Crippen LogP contribution is -2.34. The molecule has 0 bridgehead atoms. The van der Waals surface area contributed by atoms with Gasteiger partial charge in [-0.05, 0) is 12.0 Å². The molecule has 2 aromatic heterocycles. The van der Waals surface area contributed by atoms with Gasteiger partial charge < -0.3 is 10.4 Å². The summed E-state index contributed by atoms with van der Waals surface area (Å²) in [7, 11) is 0. The SMILES string of the molecule is CC(C)[C@H](Nc1cncc(-n2cccn2)n1)C(=O)O. The fourth-order valence-corrected chi connectivity index (χ4v) is 1.61. The zero-order valence-corrected chi connectivity index (χ0v) is 10.7. The first-order chi connectivity index (χ1) is 9.08. The van der Waals surface area contributed by atoms with Gasteiger partial charge >= 0.3 is 5.97 Å². The van der Waals surface area contributed by atoms with Crippen LogP contribution in [0.1, 0.15) is 13.8 Å². The largest absolute Gasteiger partial charge is 0.480 e. The Balaban J connectivity index is 2.22. The standard InChI is InChI=1S/C12H15N5O2/c1-8(2)11(12(18)19)16-9-6-13-7-10(15-9)17-5-3-4-14-17/h3-8,11H,1-2H3,(H,15,16)(H,18,19)/t11-/m0/s1. The topological polar surface area (TPSA) is 92.9 Å². The van der Waals surface area contributed by atoms with E-state index in [-0.39, 0.29) is 5.92 Å². The molecule has 7 heteroatoms. The average molecular weight is 261 g/mol. The Labute approximate surface area is 110 Å². The first-order valence-electron chi connectivity index (χ1n) is 5.89. The van der Waals surface area contributed by atoms with E-state index < -0.39 is 12.0 Å². The minimum Gasteiger partial charge on any atom is -0.480 e. The highest BCUT2D eigenvalue weighted by Crippen LogP contribution is 2.11. The molecule has 0 amide bonds. The van der Waals surface area contributed by atoms with Crippen LogP contribution in [0.15, 0.2) is 30.9 Å². The lowest BCUT2D eigenvalue weighted by Gasteiger charge is -2.18. The number of anilines is 1. The van der Waals surface area contributed by atoms with Gasteiger partial charge in [-0.1, -0.05) is 13.8 Å². The van der Waals surface area contributed by atoms with Crippen molar-refractivity contribution in [2.45, 2.75) is 19.9 Å². The predicted molar refractivity (Wildman–Crippen MR) is 69.0 cm³/mol. The third kappa shape index (κ3) is 3.06. The monoisotopic (exact) mass is 261 g/mol. The molecular weight excluding hydrogens is 246 g/mol. The lowest BCUT2D eigenvalue weighted by atomic mass is 10.1. The number of hydrogen-bond acceptors (Lipinski definition) is 5. The Bertz CT molecular complexity index is 553. The Hall–Kier alpha value is -2.44. The molecule has 1 atom stereocenters. The Morgan fingerprint density at radius 3 is 2.79 bits per heavy atom. The van der Waals surface area contributed by atoms with E-state index in [1.807, 2.05) is 13.8 Å². The number of hydrogen-bond donors (Lipinski definition) is 2. The van der Waals surface area contributed by atoms with Gasteiger partial charge in [0.05, 0.1) is 12.4 Å². The Morgan fingerprint density at radius 1 is 1.42 bits per heavy atom. The van der Waals surface area contributed by atoms with Crippen molar-refractivity contribution in [1.29, 1.82) is 0 Å². The summed E-state index contributed by atoms with van der Waals surface area (Å²) in [6.07, 6.45) is 6.43.